The second-order valence-electron chi connectivity index (χ2n) is 7.54. The van der Waals surface area contributed by atoms with Crippen molar-refractivity contribution in [2.24, 2.45) is 11.7 Å². The predicted molar refractivity (Wildman–Crippen MR) is 111 cm³/mol. The van der Waals surface area contributed by atoms with Gasteiger partial charge < -0.3 is 19.9 Å². The van der Waals surface area contributed by atoms with Crippen molar-refractivity contribution in [1.82, 2.24) is 9.47 Å². The lowest BCUT2D eigenvalue weighted by Crippen LogP contribution is -2.33. The number of likely N-dealkylation sites (N-methyl/N-ethyl adjacent to an activating group) is 1. The molecule has 0 unspecified atom stereocenters. The summed E-state index contributed by atoms with van der Waals surface area (Å²) in [6.07, 6.45) is 0.856. The fourth-order valence-electron chi connectivity index (χ4n) is 3.12. The number of nitrogens with two attached hydrogens (primary N) is 1. The molecule has 1 heterocycles. The number of benzene rings is 1. The molecule has 1 aromatic heterocycles. The van der Waals surface area contributed by atoms with Crippen molar-refractivity contribution < 1.29 is 19.1 Å². The Kier molecular flexibility index (Phi) is 7.20. The van der Waals surface area contributed by atoms with E-state index < -0.39 is 5.91 Å². The van der Waals surface area contributed by atoms with Crippen molar-refractivity contribution in [3.63, 3.8) is 0 Å². The van der Waals surface area contributed by atoms with E-state index in [0.717, 1.165) is 6.42 Å². The number of carbonyl (C=O) groups is 3. The minimum absolute atomic E-state index is 0.103. The molecule has 156 valence electrons. The van der Waals surface area contributed by atoms with Gasteiger partial charge in [-0.2, -0.15) is 0 Å². The summed E-state index contributed by atoms with van der Waals surface area (Å²) in [4.78, 5) is 38.7. The molecule has 1 aromatic carbocycles. The third kappa shape index (κ3) is 5.25. The number of hydrogen-bond donors (Lipinski definition) is 1. The summed E-state index contributed by atoms with van der Waals surface area (Å²) in [7, 11) is 3.13. The monoisotopic (exact) mass is 399 g/mol. The fourth-order valence-corrected chi connectivity index (χ4v) is 3.12. The molecule has 0 saturated heterocycles. The number of rotatable bonds is 9. The third-order valence-electron chi connectivity index (χ3n) is 4.91. The number of ketones is 1. The maximum atomic E-state index is 13.0. The van der Waals surface area contributed by atoms with Gasteiger partial charge in [-0.3, -0.25) is 14.4 Å². The molecule has 0 spiro atoms. The van der Waals surface area contributed by atoms with Gasteiger partial charge in [-0.15, -0.1) is 0 Å². The molecular formula is C22H29N3O4. The highest BCUT2D eigenvalue weighted by Crippen LogP contribution is 2.19. The van der Waals surface area contributed by atoms with Gasteiger partial charge in [0.25, 0.3) is 11.8 Å². The van der Waals surface area contributed by atoms with E-state index >= 15 is 0 Å². The summed E-state index contributed by atoms with van der Waals surface area (Å²) in [6, 6.07) is 8.24. The van der Waals surface area contributed by atoms with Crippen molar-refractivity contribution >= 4 is 17.6 Å². The average Bonchev–Trinajstić information content (AvgIpc) is 3.02. The fraction of sp³-hybridized carbons (Fsp3) is 0.409. The van der Waals surface area contributed by atoms with Crippen LogP contribution < -0.4 is 10.5 Å². The number of amides is 2. The minimum atomic E-state index is -0.567. The first-order valence-electron chi connectivity index (χ1n) is 9.58. The van der Waals surface area contributed by atoms with Gasteiger partial charge in [-0.05, 0) is 49.6 Å². The number of methoxy groups -OCH3 is 1. The zero-order valence-corrected chi connectivity index (χ0v) is 17.7. The Morgan fingerprint density at radius 1 is 1.17 bits per heavy atom. The molecule has 0 saturated carbocycles. The van der Waals surface area contributed by atoms with E-state index in [-0.39, 0.29) is 18.2 Å². The van der Waals surface area contributed by atoms with Crippen LogP contribution in [0.4, 0.5) is 0 Å². The first kappa shape index (κ1) is 22.2. The molecular weight excluding hydrogens is 370 g/mol. The van der Waals surface area contributed by atoms with Crippen LogP contribution in [-0.2, 0) is 6.54 Å². The first-order valence-corrected chi connectivity index (χ1v) is 9.58. The topological polar surface area (TPSA) is 94.6 Å². The highest BCUT2D eigenvalue weighted by atomic mass is 16.5. The van der Waals surface area contributed by atoms with Crippen LogP contribution in [0, 0.1) is 12.8 Å². The van der Waals surface area contributed by atoms with E-state index in [4.69, 9.17) is 10.5 Å². The van der Waals surface area contributed by atoms with E-state index in [1.54, 1.807) is 45.3 Å². The van der Waals surface area contributed by atoms with E-state index in [0.29, 0.717) is 40.7 Å². The van der Waals surface area contributed by atoms with Gasteiger partial charge in [-0.25, -0.2) is 0 Å². The van der Waals surface area contributed by atoms with E-state index in [1.165, 1.54) is 11.0 Å². The normalized spacial score (nSPS) is 10.8. The minimum Gasteiger partial charge on any atom is -0.497 e. The van der Waals surface area contributed by atoms with Crippen LogP contribution in [0.5, 0.6) is 5.75 Å². The second kappa shape index (κ2) is 9.41. The number of primary amides is 1. The summed E-state index contributed by atoms with van der Waals surface area (Å²) in [6.45, 7) is 6.47. The Balaban J connectivity index is 2.22. The van der Waals surface area contributed by atoms with Gasteiger partial charge >= 0.3 is 0 Å². The number of hydrogen-bond acceptors (Lipinski definition) is 4. The maximum absolute atomic E-state index is 13.0. The SMILES string of the molecule is COc1ccc(C(=O)N(C)CC(=O)c2cc(C(N)=O)c(C)n2CCC(C)C)cc1. The Labute approximate surface area is 171 Å². The van der Waals surface area contributed by atoms with Crippen LogP contribution in [0.25, 0.3) is 0 Å². The Bertz CT molecular complexity index is 898. The largest absolute Gasteiger partial charge is 0.497 e. The van der Waals surface area contributed by atoms with E-state index in [9.17, 15) is 14.4 Å². The van der Waals surface area contributed by atoms with Crippen molar-refractivity contribution in [3.05, 3.63) is 52.8 Å². The number of aromatic nitrogens is 1. The lowest BCUT2D eigenvalue weighted by molar-refractivity contribution is 0.0744. The Morgan fingerprint density at radius 2 is 1.79 bits per heavy atom. The van der Waals surface area contributed by atoms with E-state index in [1.807, 2.05) is 4.57 Å². The lowest BCUT2D eigenvalue weighted by atomic mass is 10.1. The molecule has 0 aliphatic carbocycles. The quantitative estimate of drug-likeness (QED) is 0.656. The summed E-state index contributed by atoms with van der Waals surface area (Å²) in [5.74, 6) is 0.0122. The standard InChI is InChI=1S/C22H29N3O4/c1-14(2)10-11-25-15(3)18(21(23)27)12-19(25)20(26)13-24(4)22(28)16-6-8-17(29-5)9-7-16/h6-9,12,14H,10-11,13H2,1-5H3,(H2,23,27). The van der Waals surface area contributed by atoms with Crippen LogP contribution in [0.1, 0.15) is 57.2 Å². The van der Waals surface area contributed by atoms with E-state index in [2.05, 4.69) is 13.8 Å². The van der Waals surface area contributed by atoms with Crippen LogP contribution in [0.3, 0.4) is 0 Å². The third-order valence-corrected chi connectivity index (χ3v) is 4.91. The van der Waals surface area contributed by atoms with Crippen molar-refractivity contribution in [2.75, 3.05) is 20.7 Å². The first-order chi connectivity index (χ1) is 13.6. The van der Waals surface area contributed by atoms with Crippen LogP contribution >= 0.6 is 0 Å². The smallest absolute Gasteiger partial charge is 0.254 e. The van der Waals surface area contributed by atoms with Crippen molar-refractivity contribution in [1.29, 1.82) is 0 Å². The van der Waals surface area contributed by atoms with Crippen LogP contribution in [-0.4, -0.2) is 47.8 Å². The summed E-state index contributed by atoms with van der Waals surface area (Å²) in [5.41, 5.74) is 7.33. The molecule has 0 bridgehead atoms. The highest BCUT2D eigenvalue weighted by Gasteiger charge is 2.23. The maximum Gasteiger partial charge on any atom is 0.254 e. The summed E-state index contributed by atoms with van der Waals surface area (Å²) >= 11 is 0. The molecule has 0 aliphatic rings. The Morgan fingerprint density at radius 3 is 2.31 bits per heavy atom. The number of carbonyl (C=O) groups excluding carboxylic acids is 3. The number of ether oxygens (including phenoxy) is 1. The van der Waals surface area contributed by atoms with Gasteiger partial charge in [0.05, 0.1) is 24.9 Å². The Hall–Kier alpha value is -3.09. The number of nitrogens with zero attached hydrogens (tertiary/aromatic N) is 2. The van der Waals surface area contributed by atoms with Gasteiger partial charge in [0, 0.05) is 24.8 Å². The molecule has 2 amide bonds. The molecule has 0 radical (unpaired) electrons. The average molecular weight is 399 g/mol. The van der Waals surface area contributed by atoms with Crippen LogP contribution in [0.2, 0.25) is 0 Å². The zero-order chi connectivity index (χ0) is 21.7. The van der Waals surface area contributed by atoms with Gasteiger partial charge in [0.2, 0.25) is 0 Å². The summed E-state index contributed by atoms with van der Waals surface area (Å²) in [5, 5.41) is 0. The molecule has 2 aromatic rings. The molecule has 0 fully saturated rings. The van der Waals surface area contributed by atoms with Gasteiger partial charge in [0.15, 0.2) is 5.78 Å². The lowest BCUT2D eigenvalue weighted by Gasteiger charge is -2.18. The second-order valence-corrected chi connectivity index (χ2v) is 7.54. The molecule has 0 aliphatic heterocycles. The molecule has 0 atom stereocenters. The molecule has 7 nitrogen and oxygen atoms in total. The molecule has 2 N–H and O–H groups in total. The molecule has 2 rings (SSSR count). The zero-order valence-electron chi connectivity index (χ0n) is 17.7. The van der Waals surface area contributed by atoms with Gasteiger partial charge in [-0.1, -0.05) is 13.8 Å². The highest BCUT2D eigenvalue weighted by molar-refractivity contribution is 6.04. The summed E-state index contributed by atoms with van der Waals surface area (Å²) < 4.78 is 6.93. The van der Waals surface area contributed by atoms with Crippen LogP contribution in [0.15, 0.2) is 30.3 Å². The molecule has 29 heavy (non-hydrogen) atoms. The molecule has 7 heteroatoms. The van der Waals surface area contributed by atoms with Crippen molar-refractivity contribution in [3.8, 4) is 5.75 Å². The van der Waals surface area contributed by atoms with Gasteiger partial charge in [0.1, 0.15) is 5.75 Å². The number of Topliss-reactive ketones (excluding diaryl/α,β-unsaturated/α-hetero) is 1. The predicted octanol–water partition coefficient (Wildman–Crippen LogP) is 2.91. The van der Waals surface area contributed by atoms with Crippen molar-refractivity contribution in [2.45, 2.75) is 33.7 Å².